The summed E-state index contributed by atoms with van der Waals surface area (Å²) in [6.07, 6.45) is 0. The van der Waals surface area contributed by atoms with E-state index in [1.165, 1.54) is 0 Å². The third-order valence-corrected chi connectivity index (χ3v) is 5.08. The first-order valence-electron chi connectivity index (χ1n) is 9.74. The number of aromatic nitrogens is 2. The molecule has 0 fully saturated rings. The highest BCUT2D eigenvalue weighted by Gasteiger charge is 2.25. The second kappa shape index (κ2) is 9.09. The molecule has 0 bridgehead atoms. The Labute approximate surface area is 175 Å². The largest absolute Gasteiger partial charge is 0.454 e. The van der Waals surface area contributed by atoms with E-state index in [2.05, 4.69) is 9.72 Å². The molecule has 2 heterocycles. The molecule has 0 amide bonds. The standard InChI is InChI=1S/C23H26N2O5/c1-14-11-19(16(3)25(14)15(2)12-28-5)20(26)13-29-23(27)21-17(4)30-24-22(21)18-9-7-6-8-10-18/h6-11,15H,12-13H2,1-5H3. The number of carbonyl (C=O) groups excluding carboxylic acids is 2. The van der Waals surface area contributed by atoms with Crippen LogP contribution in [0.1, 0.15) is 50.8 Å². The second-order valence-corrected chi connectivity index (χ2v) is 7.29. The van der Waals surface area contributed by atoms with Crippen LogP contribution >= 0.6 is 0 Å². The van der Waals surface area contributed by atoms with Gasteiger partial charge in [0.25, 0.3) is 0 Å². The second-order valence-electron chi connectivity index (χ2n) is 7.29. The molecular formula is C23H26N2O5. The number of ether oxygens (including phenoxy) is 2. The van der Waals surface area contributed by atoms with E-state index >= 15 is 0 Å². The van der Waals surface area contributed by atoms with Gasteiger partial charge in [-0.05, 0) is 33.8 Å². The number of hydrogen-bond acceptors (Lipinski definition) is 6. The highest BCUT2D eigenvalue weighted by Crippen LogP contribution is 2.26. The summed E-state index contributed by atoms with van der Waals surface area (Å²) in [4.78, 5) is 25.5. The van der Waals surface area contributed by atoms with Gasteiger partial charge in [-0.15, -0.1) is 0 Å². The average molecular weight is 410 g/mol. The Hall–Kier alpha value is -3.19. The Kier molecular flexibility index (Phi) is 6.52. The van der Waals surface area contributed by atoms with Crippen molar-refractivity contribution in [2.24, 2.45) is 0 Å². The number of esters is 1. The van der Waals surface area contributed by atoms with Crippen molar-refractivity contribution in [2.75, 3.05) is 20.3 Å². The van der Waals surface area contributed by atoms with E-state index in [1.807, 2.05) is 57.2 Å². The van der Waals surface area contributed by atoms with Crippen LogP contribution in [0.2, 0.25) is 0 Å². The van der Waals surface area contributed by atoms with Crippen molar-refractivity contribution in [1.82, 2.24) is 9.72 Å². The molecule has 30 heavy (non-hydrogen) atoms. The molecule has 3 rings (SSSR count). The Morgan fingerprint density at radius 2 is 1.87 bits per heavy atom. The number of carbonyl (C=O) groups is 2. The molecule has 0 aliphatic heterocycles. The summed E-state index contributed by atoms with van der Waals surface area (Å²) in [7, 11) is 1.65. The van der Waals surface area contributed by atoms with Crippen LogP contribution in [-0.4, -0.2) is 41.8 Å². The summed E-state index contributed by atoms with van der Waals surface area (Å²) in [5.41, 5.74) is 3.68. The van der Waals surface area contributed by atoms with Crippen LogP contribution in [-0.2, 0) is 9.47 Å². The predicted molar refractivity (Wildman–Crippen MR) is 112 cm³/mol. The lowest BCUT2D eigenvalue weighted by Gasteiger charge is -2.17. The fourth-order valence-electron chi connectivity index (χ4n) is 3.74. The maximum absolute atomic E-state index is 12.8. The summed E-state index contributed by atoms with van der Waals surface area (Å²) in [5.74, 6) is -0.553. The number of Topliss-reactive ketones (excluding diaryl/α,β-unsaturated/α-hetero) is 1. The summed E-state index contributed by atoms with van der Waals surface area (Å²) in [5, 5.41) is 3.98. The fourth-order valence-corrected chi connectivity index (χ4v) is 3.74. The van der Waals surface area contributed by atoms with E-state index < -0.39 is 5.97 Å². The summed E-state index contributed by atoms with van der Waals surface area (Å²) in [6.45, 7) is 7.66. The van der Waals surface area contributed by atoms with Gasteiger partial charge in [-0.25, -0.2) is 4.79 Å². The van der Waals surface area contributed by atoms with Gasteiger partial charge in [-0.1, -0.05) is 35.5 Å². The normalized spacial score (nSPS) is 12.0. The van der Waals surface area contributed by atoms with Gasteiger partial charge in [0.1, 0.15) is 17.0 Å². The molecule has 0 saturated heterocycles. The monoisotopic (exact) mass is 410 g/mol. The summed E-state index contributed by atoms with van der Waals surface area (Å²) < 4.78 is 17.8. The first-order valence-corrected chi connectivity index (χ1v) is 9.74. The minimum absolute atomic E-state index is 0.0900. The van der Waals surface area contributed by atoms with Gasteiger partial charge in [-0.3, -0.25) is 4.79 Å². The van der Waals surface area contributed by atoms with Crippen molar-refractivity contribution in [1.29, 1.82) is 0 Å². The molecule has 0 N–H and O–H groups in total. The van der Waals surface area contributed by atoms with Crippen LogP contribution in [0.3, 0.4) is 0 Å². The Morgan fingerprint density at radius 1 is 1.17 bits per heavy atom. The molecule has 7 nitrogen and oxygen atoms in total. The zero-order valence-electron chi connectivity index (χ0n) is 17.9. The van der Waals surface area contributed by atoms with Gasteiger partial charge in [0.2, 0.25) is 5.78 Å². The molecule has 0 radical (unpaired) electrons. The fraction of sp³-hybridized carbons (Fsp3) is 0.348. The van der Waals surface area contributed by atoms with Crippen molar-refractivity contribution in [3.05, 3.63) is 64.7 Å². The van der Waals surface area contributed by atoms with Gasteiger partial charge in [0.15, 0.2) is 6.61 Å². The summed E-state index contributed by atoms with van der Waals surface area (Å²) in [6, 6.07) is 11.1. The highest BCUT2D eigenvalue weighted by atomic mass is 16.5. The molecule has 2 aromatic heterocycles. The van der Waals surface area contributed by atoms with Gasteiger partial charge in [0, 0.05) is 29.6 Å². The van der Waals surface area contributed by atoms with E-state index in [0.717, 1.165) is 17.0 Å². The van der Waals surface area contributed by atoms with E-state index in [-0.39, 0.29) is 24.0 Å². The third kappa shape index (κ3) is 4.21. The smallest absolute Gasteiger partial charge is 0.344 e. The van der Waals surface area contributed by atoms with Gasteiger partial charge in [0.05, 0.1) is 12.6 Å². The highest BCUT2D eigenvalue weighted by molar-refractivity contribution is 6.02. The topological polar surface area (TPSA) is 83.6 Å². The van der Waals surface area contributed by atoms with Crippen molar-refractivity contribution in [2.45, 2.75) is 33.7 Å². The lowest BCUT2D eigenvalue weighted by molar-refractivity contribution is 0.0473. The maximum atomic E-state index is 12.8. The number of aryl methyl sites for hydroxylation is 2. The molecule has 158 valence electrons. The Balaban J connectivity index is 1.76. The van der Waals surface area contributed by atoms with Crippen molar-refractivity contribution in [3.8, 4) is 11.3 Å². The van der Waals surface area contributed by atoms with Gasteiger partial charge < -0.3 is 18.6 Å². The lowest BCUT2D eigenvalue weighted by Crippen LogP contribution is -2.17. The quantitative estimate of drug-likeness (QED) is 0.406. The average Bonchev–Trinajstić information content (AvgIpc) is 3.26. The first kappa shape index (κ1) is 21.5. The maximum Gasteiger partial charge on any atom is 0.344 e. The zero-order valence-corrected chi connectivity index (χ0v) is 17.9. The Morgan fingerprint density at radius 3 is 2.53 bits per heavy atom. The minimum atomic E-state index is -0.637. The number of benzene rings is 1. The predicted octanol–water partition coefficient (Wildman–Crippen LogP) is 4.32. The first-order chi connectivity index (χ1) is 14.3. The van der Waals surface area contributed by atoms with Crippen molar-refractivity contribution < 1.29 is 23.6 Å². The van der Waals surface area contributed by atoms with Gasteiger partial charge in [-0.2, -0.15) is 0 Å². The van der Waals surface area contributed by atoms with Crippen molar-refractivity contribution in [3.63, 3.8) is 0 Å². The molecule has 7 heteroatoms. The van der Waals surface area contributed by atoms with Crippen LogP contribution in [0.25, 0.3) is 11.3 Å². The van der Waals surface area contributed by atoms with Crippen LogP contribution in [0.15, 0.2) is 40.9 Å². The minimum Gasteiger partial charge on any atom is -0.454 e. The van der Waals surface area contributed by atoms with Crippen LogP contribution < -0.4 is 0 Å². The SMILES string of the molecule is COCC(C)n1c(C)cc(C(=O)COC(=O)c2c(-c3ccccc3)noc2C)c1C. The third-order valence-electron chi connectivity index (χ3n) is 5.08. The zero-order chi connectivity index (χ0) is 21.8. The van der Waals surface area contributed by atoms with Crippen molar-refractivity contribution >= 4 is 11.8 Å². The number of rotatable bonds is 8. The van der Waals surface area contributed by atoms with E-state index in [0.29, 0.717) is 23.6 Å². The number of ketones is 1. The molecule has 0 aliphatic rings. The molecule has 0 aliphatic carbocycles. The molecule has 0 spiro atoms. The van der Waals surface area contributed by atoms with Crippen LogP contribution in [0.4, 0.5) is 0 Å². The van der Waals surface area contributed by atoms with E-state index in [4.69, 9.17) is 14.0 Å². The molecule has 3 aromatic rings. The van der Waals surface area contributed by atoms with Gasteiger partial charge >= 0.3 is 5.97 Å². The van der Waals surface area contributed by atoms with Crippen LogP contribution in [0, 0.1) is 20.8 Å². The molecule has 0 saturated carbocycles. The lowest BCUT2D eigenvalue weighted by atomic mass is 10.1. The van der Waals surface area contributed by atoms with E-state index in [1.54, 1.807) is 14.0 Å². The number of nitrogens with zero attached hydrogens (tertiary/aromatic N) is 2. The summed E-state index contributed by atoms with van der Waals surface area (Å²) >= 11 is 0. The van der Waals surface area contributed by atoms with Crippen LogP contribution in [0.5, 0.6) is 0 Å². The molecule has 1 aromatic carbocycles. The molecule has 1 atom stereocenters. The molecular weight excluding hydrogens is 384 g/mol. The number of methoxy groups -OCH3 is 1. The Bertz CT molecular complexity index is 1050. The van der Waals surface area contributed by atoms with E-state index in [9.17, 15) is 9.59 Å². The number of hydrogen-bond donors (Lipinski definition) is 0. The molecule has 1 unspecified atom stereocenters.